The summed E-state index contributed by atoms with van der Waals surface area (Å²) in [6.07, 6.45) is 0. The third kappa shape index (κ3) is 3.04. The molecule has 0 amide bonds. The molecule has 4 heteroatoms. The molecule has 1 aromatic carbocycles. The molecule has 1 nitrogen and oxygen atoms in total. The molecule has 0 aliphatic heterocycles. The van der Waals surface area contributed by atoms with Crippen LogP contribution in [-0.2, 0) is 6.61 Å². The van der Waals surface area contributed by atoms with Crippen molar-refractivity contribution in [2.45, 2.75) is 6.61 Å². The van der Waals surface area contributed by atoms with Gasteiger partial charge in [-0.25, -0.2) is 4.39 Å². The van der Waals surface area contributed by atoms with E-state index < -0.39 is 0 Å². The Morgan fingerprint density at radius 1 is 1.33 bits per heavy atom. The van der Waals surface area contributed by atoms with Crippen LogP contribution in [0.4, 0.5) is 4.39 Å². The lowest BCUT2D eigenvalue weighted by molar-refractivity contribution is 0.308. The van der Waals surface area contributed by atoms with Crippen molar-refractivity contribution in [3.8, 4) is 5.75 Å². The van der Waals surface area contributed by atoms with Crippen LogP contribution in [0.1, 0.15) is 4.88 Å². The van der Waals surface area contributed by atoms with Crippen LogP contribution in [0.5, 0.6) is 5.75 Å². The second-order valence-corrected chi connectivity index (χ2v) is 4.92. The van der Waals surface area contributed by atoms with Gasteiger partial charge in [0.2, 0.25) is 0 Å². The zero-order valence-electron chi connectivity index (χ0n) is 7.74. The topological polar surface area (TPSA) is 9.23 Å². The summed E-state index contributed by atoms with van der Waals surface area (Å²) in [6.45, 7) is 0.480. The SMILES string of the molecule is Fc1cc(Br)cc(OCc2cccs2)c1. The lowest BCUT2D eigenvalue weighted by Gasteiger charge is -2.05. The Hall–Kier alpha value is -0.870. The highest BCUT2D eigenvalue weighted by molar-refractivity contribution is 9.10. The monoisotopic (exact) mass is 286 g/mol. The van der Waals surface area contributed by atoms with Gasteiger partial charge in [0, 0.05) is 15.4 Å². The summed E-state index contributed by atoms with van der Waals surface area (Å²) in [5.41, 5.74) is 0. The molecule has 0 saturated heterocycles. The molecule has 0 radical (unpaired) electrons. The normalized spacial score (nSPS) is 10.3. The van der Waals surface area contributed by atoms with E-state index in [9.17, 15) is 4.39 Å². The third-order valence-electron chi connectivity index (χ3n) is 1.80. The Kier molecular flexibility index (Phi) is 3.38. The van der Waals surface area contributed by atoms with Crippen LogP contribution >= 0.6 is 27.3 Å². The molecule has 2 aromatic rings. The molecule has 0 aliphatic carbocycles. The summed E-state index contributed by atoms with van der Waals surface area (Å²) in [5.74, 6) is 0.237. The second-order valence-electron chi connectivity index (χ2n) is 2.97. The van der Waals surface area contributed by atoms with Gasteiger partial charge in [-0.3, -0.25) is 0 Å². The predicted molar refractivity (Wildman–Crippen MR) is 62.8 cm³/mol. The highest BCUT2D eigenvalue weighted by Crippen LogP contribution is 2.22. The Morgan fingerprint density at radius 3 is 2.87 bits per heavy atom. The quantitative estimate of drug-likeness (QED) is 0.821. The van der Waals surface area contributed by atoms with E-state index in [1.807, 2.05) is 17.5 Å². The van der Waals surface area contributed by atoms with Crippen molar-refractivity contribution < 1.29 is 9.13 Å². The molecule has 15 heavy (non-hydrogen) atoms. The van der Waals surface area contributed by atoms with Gasteiger partial charge < -0.3 is 4.74 Å². The van der Waals surface area contributed by atoms with E-state index in [-0.39, 0.29) is 5.82 Å². The molecular formula is C11H8BrFOS. The van der Waals surface area contributed by atoms with E-state index in [0.717, 1.165) is 4.88 Å². The number of rotatable bonds is 3. The largest absolute Gasteiger partial charge is 0.488 e. The van der Waals surface area contributed by atoms with Gasteiger partial charge in [-0.1, -0.05) is 22.0 Å². The van der Waals surface area contributed by atoms with E-state index in [4.69, 9.17) is 4.74 Å². The van der Waals surface area contributed by atoms with Crippen LogP contribution in [0.15, 0.2) is 40.2 Å². The molecule has 0 bridgehead atoms. The summed E-state index contributed by atoms with van der Waals surface area (Å²) in [5, 5.41) is 1.99. The van der Waals surface area contributed by atoms with Crippen molar-refractivity contribution in [2.75, 3.05) is 0 Å². The summed E-state index contributed by atoms with van der Waals surface area (Å²) in [4.78, 5) is 1.12. The van der Waals surface area contributed by atoms with Crippen LogP contribution in [0.25, 0.3) is 0 Å². The van der Waals surface area contributed by atoms with Gasteiger partial charge >= 0.3 is 0 Å². The summed E-state index contributed by atoms with van der Waals surface area (Å²) < 4.78 is 19.1. The van der Waals surface area contributed by atoms with Crippen LogP contribution in [0.3, 0.4) is 0 Å². The van der Waals surface area contributed by atoms with Crippen molar-refractivity contribution in [1.29, 1.82) is 0 Å². The van der Waals surface area contributed by atoms with Crippen molar-refractivity contribution in [2.24, 2.45) is 0 Å². The highest BCUT2D eigenvalue weighted by Gasteiger charge is 2.00. The maximum Gasteiger partial charge on any atom is 0.128 e. The molecule has 0 spiro atoms. The zero-order chi connectivity index (χ0) is 10.7. The molecule has 78 valence electrons. The molecule has 0 N–H and O–H groups in total. The van der Waals surface area contributed by atoms with Crippen molar-refractivity contribution >= 4 is 27.3 Å². The second kappa shape index (κ2) is 4.77. The number of hydrogen-bond donors (Lipinski definition) is 0. The molecule has 1 heterocycles. The van der Waals surface area contributed by atoms with Gasteiger partial charge in [-0.2, -0.15) is 0 Å². The first-order chi connectivity index (χ1) is 7.24. The molecule has 0 fully saturated rings. The molecule has 0 unspecified atom stereocenters. The average Bonchev–Trinajstić information content (AvgIpc) is 2.65. The first kappa shape index (κ1) is 10.6. The highest BCUT2D eigenvalue weighted by atomic mass is 79.9. The van der Waals surface area contributed by atoms with E-state index in [1.54, 1.807) is 17.4 Å². The van der Waals surface area contributed by atoms with E-state index >= 15 is 0 Å². The van der Waals surface area contributed by atoms with Crippen molar-refractivity contribution in [3.05, 3.63) is 50.9 Å². The fraction of sp³-hybridized carbons (Fsp3) is 0.0909. The van der Waals surface area contributed by atoms with Crippen LogP contribution in [0, 0.1) is 5.82 Å². The number of halogens is 2. The number of hydrogen-bond acceptors (Lipinski definition) is 2. The molecule has 0 atom stereocenters. The fourth-order valence-electron chi connectivity index (χ4n) is 1.16. The van der Waals surface area contributed by atoms with Crippen LogP contribution in [-0.4, -0.2) is 0 Å². The number of thiophene rings is 1. The molecule has 2 rings (SSSR count). The first-order valence-corrected chi connectivity index (χ1v) is 6.02. The van der Waals surface area contributed by atoms with E-state index in [0.29, 0.717) is 16.8 Å². The lowest BCUT2D eigenvalue weighted by atomic mass is 10.3. The average molecular weight is 287 g/mol. The fourth-order valence-corrected chi connectivity index (χ4v) is 2.22. The molecular weight excluding hydrogens is 279 g/mol. The first-order valence-electron chi connectivity index (χ1n) is 4.35. The standard InChI is InChI=1S/C11H8BrFOS/c12-8-4-9(13)6-10(5-8)14-7-11-2-1-3-15-11/h1-6H,7H2. The van der Waals surface area contributed by atoms with Gasteiger partial charge in [-0.05, 0) is 23.6 Å². The van der Waals surface area contributed by atoms with E-state index in [1.165, 1.54) is 12.1 Å². The summed E-state index contributed by atoms with van der Waals surface area (Å²) in [6, 6.07) is 8.47. The Morgan fingerprint density at radius 2 is 2.20 bits per heavy atom. The van der Waals surface area contributed by atoms with Crippen LogP contribution in [0.2, 0.25) is 0 Å². The summed E-state index contributed by atoms with van der Waals surface area (Å²) >= 11 is 4.83. The van der Waals surface area contributed by atoms with Crippen molar-refractivity contribution in [3.63, 3.8) is 0 Å². The maximum atomic E-state index is 13.0. The minimum Gasteiger partial charge on any atom is -0.488 e. The van der Waals surface area contributed by atoms with Crippen LogP contribution < -0.4 is 4.74 Å². The maximum absolute atomic E-state index is 13.0. The van der Waals surface area contributed by atoms with E-state index in [2.05, 4.69) is 15.9 Å². The van der Waals surface area contributed by atoms with Gasteiger partial charge in [0.1, 0.15) is 18.2 Å². The predicted octanol–water partition coefficient (Wildman–Crippen LogP) is 4.23. The molecule has 1 aromatic heterocycles. The molecule has 0 saturated carbocycles. The third-order valence-corrected chi connectivity index (χ3v) is 3.11. The van der Waals surface area contributed by atoms with Gasteiger partial charge in [-0.15, -0.1) is 11.3 Å². The van der Waals surface area contributed by atoms with Gasteiger partial charge in [0.15, 0.2) is 0 Å². The van der Waals surface area contributed by atoms with Gasteiger partial charge in [0.05, 0.1) is 0 Å². The Balaban J connectivity index is 2.05. The smallest absolute Gasteiger partial charge is 0.128 e. The minimum absolute atomic E-state index is 0.300. The summed E-state index contributed by atoms with van der Waals surface area (Å²) in [7, 11) is 0. The van der Waals surface area contributed by atoms with Gasteiger partial charge in [0.25, 0.3) is 0 Å². The molecule has 0 aliphatic rings. The minimum atomic E-state index is -0.300. The lowest BCUT2D eigenvalue weighted by Crippen LogP contribution is -1.93. The zero-order valence-corrected chi connectivity index (χ0v) is 10.1. The Bertz CT molecular complexity index is 422. The number of ether oxygens (including phenoxy) is 1. The Labute approximate surface area is 99.6 Å². The van der Waals surface area contributed by atoms with Crippen molar-refractivity contribution in [1.82, 2.24) is 0 Å². The number of benzene rings is 1.